The van der Waals surface area contributed by atoms with Crippen LogP contribution in [0.4, 0.5) is 5.69 Å². The smallest absolute Gasteiger partial charge is 0.238 e. The van der Waals surface area contributed by atoms with Crippen LogP contribution in [0.1, 0.15) is 18.9 Å². The monoisotopic (exact) mass is 331 g/mol. The first-order valence-electron chi connectivity index (χ1n) is 6.91. The van der Waals surface area contributed by atoms with Crippen molar-refractivity contribution in [3.63, 3.8) is 0 Å². The number of carbonyl (C=O) groups is 1. The number of hydrogen-bond donors (Lipinski definition) is 2. The molecule has 1 aliphatic rings. The van der Waals surface area contributed by atoms with E-state index in [0.29, 0.717) is 18.1 Å². The molecule has 0 bridgehead atoms. The molecule has 1 aromatic rings. The maximum atomic E-state index is 12.1. The number of rotatable bonds is 4. The van der Waals surface area contributed by atoms with Gasteiger partial charge in [0.15, 0.2) is 0 Å². The van der Waals surface area contributed by atoms with Gasteiger partial charge >= 0.3 is 0 Å². The molecule has 1 amide bonds. The van der Waals surface area contributed by atoms with Gasteiger partial charge in [-0.15, -0.1) is 12.4 Å². The molecule has 2 rings (SSSR count). The zero-order valence-corrected chi connectivity index (χ0v) is 14.1. The minimum Gasteiger partial charge on any atom is -0.330 e. The van der Waals surface area contributed by atoms with Crippen molar-refractivity contribution in [2.45, 2.75) is 20.3 Å². The van der Waals surface area contributed by atoms with Gasteiger partial charge in [0.25, 0.3) is 0 Å². The van der Waals surface area contributed by atoms with E-state index in [1.807, 2.05) is 25.1 Å². The first-order chi connectivity index (χ1) is 9.43. The second-order valence-electron chi connectivity index (χ2n) is 5.94. The second-order valence-corrected chi connectivity index (χ2v) is 6.34. The van der Waals surface area contributed by atoms with Crippen molar-refractivity contribution in [1.82, 2.24) is 4.90 Å². The van der Waals surface area contributed by atoms with E-state index in [9.17, 15) is 4.79 Å². The summed E-state index contributed by atoms with van der Waals surface area (Å²) in [5.74, 6) is -0.00311. The van der Waals surface area contributed by atoms with Gasteiger partial charge in [-0.3, -0.25) is 9.69 Å². The molecule has 1 fully saturated rings. The summed E-state index contributed by atoms with van der Waals surface area (Å²) < 4.78 is 0. The van der Waals surface area contributed by atoms with Crippen molar-refractivity contribution < 1.29 is 4.79 Å². The first kappa shape index (κ1) is 18.2. The van der Waals surface area contributed by atoms with Crippen molar-refractivity contribution in [1.29, 1.82) is 0 Å². The maximum absolute atomic E-state index is 12.1. The maximum Gasteiger partial charge on any atom is 0.238 e. The molecule has 1 aliphatic heterocycles. The van der Waals surface area contributed by atoms with Crippen LogP contribution in [0.3, 0.4) is 0 Å². The van der Waals surface area contributed by atoms with Gasteiger partial charge in [0, 0.05) is 17.3 Å². The molecule has 0 radical (unpaired) electrons. The Morgan fingerprint density at radius 2 is 2.24 bits per heavy atom. The first-order valence-corrected chi connectivity index (χ1v) is 7.29. The van der Waals surface area contributed by atoms with Crippen LogP contribution in [0, 0.1) is 12.3 Å². The van der Waals surface area contributed by atoms with Gasteiger partial charge in [0.1, 0.15) is 0 Å². The molecular weight excluding hydrogens is 309 g/mol. The topological polar surface area (TPSA) is 58.4 Å². The van der Waals surface area contributed by atoms with Crippen LogP contribution >= 0.6 is 24.0 Å². The highest BCUT2D eigenvalue weighted by Gasteiger charge is 2.33. The number of anilines is 1. The van der Waals surface area contributed by atoms with E-state index in [2.05, 4.69) is 17.1 Å². The summed E-state index contributed by atoms with van der Waals surface area (Å²) in [6, 6.07) is 5.53. The number of likely N-dealkylation sites (tertiary alicyclic amines) is 1. The standard InChI is InChI=1S/C15H22ClN3O.ClH/c1-11-12(16)4-3-5-13(11)18-14(20)8-19-7-6-15(2,9-17)10-19;/h3-5H,6-10,17H2,1-2H3,(H,18,20);1H. The summed E-state index contributed by atoms with van der Waals surface area (Å²) in [6.07, 6.45) is 1.05. The molecule has 1 saturated heterocycles. The minimum atomic E-state index is -0.00311. The van der Waals surface area contributed by atoms with E-state index in [4.69, 9.17) is 17.3 Å². The van der Waals surface area contributed by atoms with Crippen LogP contribution in [0.5, 0.6) is 0 Å². The largest absolute Gasteiger partial charge is 0.330 e. The number of carbonyl (C=O) groups excluding carboxylic acids is 1. The number of nitrogens with one attached hydrogen (secondary N) is 1. The Morgan fingerprint density at radius 3 is 2.86 bits per heavy atom. The van der Waals surface area contributed by atoms with E-state index in [1.165, 1.54) is 0 Å². The Kier molecular flexibility index (Phi) is 6.47. The molecule has 6 heteroatoms. The molecular formula is C15H23Cl2N3O. The Bertz CT molecular complexity index is 510. The number of halogens is 2. The number of nitrogens with zero attached hydrogens (tertiary/aromatic N) is 1. The van der Waals surface area contributed by atoms with Crippen molar-refractivity contribution in [2.24, 2.45) is 11.1 Å². The predicted molar refractivity (Wildman–Crippen MR) is 90.3 cm³/mol. The fraction of sp³-hybridized carbons (Fsp3) is 0.533. The summed E-state index contributed by atoms with van der Waals surface area (Å²) in [5, 5.41) is 3.59. The van der Waals surface area contributed by atoms with Crippen LogP contribution in [-0.2, 0) is 4.79 Å². The fourth-order valence-electron chi connectivity index (χ4n) is 2.56. The van der Waals surface area contributed by atoms with E-state index in [1.54, 1.807) is 0 Å². The molecule has 1 heterocycles. The van der Waals surface area contributed by atoms with Gasteiger partial charge in [-0.2, -0.15) is 0 Å². The highest BCUT2D eigenvalue weighted by Crippen LogP contribution is 2.28. The highest BCUT2D eigenvalue weighted by atomic mass is 35.5. The Hall–Kier alpha value is -0.810. The third kappa shape index (κ3) is 4.58. The molecule has 1 atom stereocenters. The van der Waals surface area contributed by atoms with Gasteiger partial charge in [0.05, 0.1) is 6.54 Å². The van der Waals surface area contributed by atoms with Crippen LogP contribution in [0.15, 0.2) is 18.2 Å². The number of nitrogens with two attached hydrogens (primary N) is 1. The van der Waals surface area contributed by atoms with Crippen LogP contribution in [0.25, 0.3) is 0 Å². The average Bonchev–Trinajstić information content (AvgIpc) is 2.77. The molecule has 0 spiro atoms. The van der Waals surface area contributed by atoms with Crippen molar-refractivity contribution in [3.05, 3.63) is 28.8 Å². The minimum absolute atomic E-state index is 0. The summed E-state index contributed by atoms with van der Waals surface area (Å²) in [4.78, 5) is 14.3. The molecule has 21 heavy (non-hydrogen) atoms. The molecule has 3 N–H and O–H groups in total. The summed E-state index contributed by atoms with van der Waals surface area (Å²) in [5.41, 5.74) is 7.60. The lowest BCUT2D eigenvalue weighted by Gasteiger charge is -2.22. The normalized spacial score (nSPS) is 21.9. The Balaban J connectivity index is 0.00000220. The summed E-state index contributed by atoms with van der Waals surface area (Å²) in [6.45, 7) is 6.95. The lowest BCUT2D eigenvalue weighted by Crippen LogP contribution is -2.35. The van der Waals surface area contributed by atoms with Crippen LogP contribution in [-0.4, -0.2) is 37.0 Å². The highest BCUT2D eigenvalue weighted by molar-refractivity contribution is 6.31. The predicted octanol–water partition coefficient (Wildman–Crippen LogP) is 2.68. The van der Waals surface area contributed by atoms with Gasteiger partial charge in [-0.25, -0.2) is 0 Å². The van der Waals surface area contributed by atoms with Crippen LogP contribution in [0.2, 0.25) is 5.02 Å². The van der Waals surface area contributed by atoms with Gasteiger partial charge in [-0.05, 0) is 49.5 Å². The third-order valence-electron chi connectivity index (χ3n) is 4.04. The lowest BCUT2D eigenvalue weighted by molar-refractivity contribution is -0.117. The molecule has 0 aromatic heterocycles. The van der Waals surface area contributed by atoms with E-state index in [-0.39, 0.29) is 23.7 Å². The molecule has 1 aromatic carbocycles. The van der Waals surface area contributed by atoms with Crippen molar-refractivity contribution in [2.75, 3.05) is 31.5 Å². The Labute approximate surface area is 137 Å². The third-order valence-corrected chi connectivity index (χ3v) is 4.45. The number of amides is 1. The van der Waals surface area contributed by atoms with Crippen molar-refractivity contribution >= 4 is 35.6 Å². The average molecular weight is 332 g/mol. The molecule has 118 valence electrons. The number of hydrogen-bond acceptors (Lipinski definition) is 3. The van der Waals surface area contributed by atoms with E-state index < -0.39 is 0 Å². The van der Waals surface area contributed by atoms with Crippen molar-refractivity contribution in [3.8, 4) is 0 Å². The van der Waals surface area contributed by atoms with E-state index in [0.717, 1.165) is 30.8 Å². The fourth-order valence-corrected chi connectivity index (χ4v) is 2.74. The second kappa shape index (κ2) is 7.45. The molecule has 0 saturated carbocycles. The van der Waals surface area contributed by atoms with Gasteiger partial charge in [-0.1, -0.05) is 24.6 Å². The van der Waals surface area contributed by atoms with Gasteiger partial charge < -0.3 is 11.1 Å². The van der Waals surface area contributed by atoms with E-state index >= 15 is 0 Å². The zero-order chi connectivity index (χ0) is 14.8. The molecule has 0 aliphatic carbocycles. The quantitative estimate of drug-likeness (QED) is 0.891. The SMILES string of the molecule is Cc1c(Cl)cccc1NC(=O)CN1CCC(C)(CN)C1.Cl. The summed E-state index contributed by atoms with van der Waals surface area (Å²) >= 11 is 6.05. The van der Waals surface area contributed by atoms with Gasteiger partial charge in [0.2, 0.25) is 5.91 Å². The zero-order valence-electron chi connectivity index (χ0n) is 12.5. The molecule has 1 unspecified atom stereocenters. The number of benzene rings is 1. The molecule has 4 nitrogen and oxygen atoms in total. The van der Waals surface area contributed by atoms with Crippen LogP contribution < -0.4 is 11.1 Å². The summed E-state index contributed by atoms with van der Waals surface area (Å²) in [7, 11) is 0. The Morgan fingerprint density at radius 1 is 1.52 bits per heavy atom. The lowest BCUT2D eigenvalue weighted by atomic mass is 9.90.